The zero-order valence-corrected chi connectivity index (χ0v) is 33.1. The van der Waals surface area contributed by atoms with Crippen molar-refractivity contribution in [3.8, 4) is 28.4 Å². The van der Waals surface area contributed by atoms with Crippen LogP contribution >= 0.6 is 19.2 Å². The first-order valence-electron chi connectivity index (χ1n) is 16.2. The Hall–Kier alpha value is -2.17. The van der Waals surface area contributed by atoms with Gasteiger partial charge in [0.25, 0.3) is 0 Å². The Balaban J connectivity index is 0.00000351. The molecule has 8 rings (SSSR count). The third kappa shape index (κ3) is 5.72. The van der Waals surface area contributed by atoms with E-state index in [1.807, 2.05) is 24.9 Å². The molecule has 4 aliphatic rings. The molecule has 2 aromatic carbocycles. The van der Waals surface area contributed by atoms with Gasteiger partial charge in [-0.05, 0) is 81.9 Å². The predicted octanol–water partition coefficient (Wildman–Crippen LogP) is 6.13. The van der Waals surface area contributed by atoms with Crippen molar-refractivity contribution in [3.63, 3.8) is 0 Å². The van der Waals surface area contributed by atoms with Gasteiger partial charge in [-0.15, -0.1) is 0 Å². The number of nitrogens with one attached hydrogen (secondary N) is 1. The molecule has 12 heteroatoms. The number of halogens is 2. The van der Waals surface area contributed by atoms with Crippen LogP contribution in [0.5, 0.6) is 6.01 Å². The molecule has 0 amide bonds. The van der Waals surface area contributed by atoms with E-state index in [2.05, 4.69) is 33.2 Å². The van der Waals surface area contributed by atoms with Crippen molar-refractivity contribution in [1.82, 2.24) is 25.2 Å². The van der Waals surface area contributed by atoms with Crippen molar-refractivity contribution in [1.29, 1.82) is 0 Å². The van der Waals surface area contributed by atoms with Gasteiger partial charge in [0, 0.05) is 57.9 Å². The van der Waals surface area contributed by atoms with Gasteiger partial charge in [-0.1, -0.05) is 49.4 Å². The van der Waals surface area contributed by atoms with Gasteiger partial charge in [-0.2, -0.15) is 9.97 Å². The van der Waals surface area contributed by atoms with Crippen molar-refractivity contribution in [2.45, 2.75) is 56.5 Å². The maximum atomic E-state index is 17.1. The molecule has 2 atom stereocenters. The van der Waals surface area contributed by atoms with Crippen molar-refractivity contribution in [2.24, 2.45) is 0 Å². The average Bonchev–Trinajstić information content (AvgIpc) is 3.62. The fourth-order valence-electron chi connectivity index (χ4n) is 8.17. The zero-order valence-electron chi connectivity index (χ0n) is 26.8. The molecule has 4 aromatic rings. The summed E-state index contributed by atoms with van der Waals surface area (Å²) in [6.45, 7) is 9.27. The van der Waals surface area contributed by atoms with Crippen molar-refractivity contribution in [2.75, 3.05) is 50.9 Å². The van der Waals surface area contributed by atoms with Crippen molar-refractivity contribution < 1.29 is 13.5 Å². The smallest absolute Gasteiger partial charge is 0.319 e. The van der Waals surface area contributed by atoms with E-state index >= 15 is 8.78 Å². The van der Waals surface area contributed by atoms with Crippen LogP contribution in [0.25, 0.3) is 32.9 Å². The molecule has 2 aromatic heterocycles. The quantitative estimate of drug-likeness (QED) is 0.146. The first kappa shape index (κ1) is 33.3. The number of aryl methyl sites for hydroxylation is 1. The second-order valence-electron chi connectivity index (χ2n) is 13.2. The van der Waals surface area contributed by atoms with Gasteiger partial charge >= 0.3 is 6.01 Å². The third-order valence-electron chi connectivity index (χ3n) is 10.5. The molecule has 7 nitrogen and oxygen atoms in total. The molecule has 47 heavy (non-hydrogen) atoms. The molecule has 241 valence electrons. The largest absolute Gasteiger partial charge is 0.461 e. The van der Waals surface area contributed by atoms with Gasteiger partial charge < -0.3 is 15.0 Å². The minimum absolute atomic E-state index is 0. The molecule has 0 bridgehead atoms. The van der Waals surface area contributed by atoms with Crippen LogP contribution in [0.2, 0.25) is 0 Å². The Morgan fingerprint density at radius 3 is 2.68 bits per heavy atom. The molecule has 3 saturated heterocycles. The van der Waals surface area contributed by atoms with Crippen molar-refractivity contribution in [3.05, 3.63) is 53.2 Å². The Morgan fingerprint density at radius 1 is 1.04 bits per heavy atom. The minimum atomic E-state index is -0.549. The molecular formula is C35H37F2N6OPSTl. The SMILES string of the molecule is CPSC#Cc1c(F)ccc2cccc(-c3nc4c5c(nc(OCC67CCCN6CCC7)nc5c3F)N3CCNCC3(C)CC4)c12.[Tl]. The second kappa shape index (κ2) is 13.3. The first-order chi connectivity index (χ1) is 22.4. The van der Waals surface area contributed by atoms with E-state index in [1.165, 1.54) is 17.4 Å². The summed E-state index contributed by atoms with van der Waals surface area (Å²) >= 11 is 1.44. The van der Waals surface area contributed by atoms with E-state index in [0.29, 0.717) is 43.0 Å². The van der Waals surface area contributed by atoms with Gasteiger partial charge in [-0.3, -0.25) is 4.90 Å². The molecule has 4 aliphatic heterocycles. The van der Waals surface area contributed by atoms with Gasteiger partial charge in [-0.25, -0.2) is 13.8 Å². The number of piperazine rings is 1. The number of pyridine rings is 1. The van der Waals surface area contributed by atoms with Crippen LogP contribution in [0, 0.1) is 22.8 Å². The Labute approximate surface area is 300 Å². The fraction of sp³-hybridized carbons (Fsp3) is 0.457. The Kier molecular flexibility index (Phi) is 9.41. The number of fused-ring (bicyclic) bond motifs is 4. The van der Waals surface area contributed by atoms with Crippen LogP contribution in [-0.4, -0.2) is 104 Å². The number of anilines is 1. The van der Waals surface area contributed by atoms with E-state index in [9.17, 15) is 0 Å². The van der Waals surface area contributed by atoms with Crippen LogP contribution < -0.4 is 15.0 Å². The standard InChI is InChI=1S/C35H37F2N6OPS.Tl/c1-34-14-10-26-28-31(29(37)30(39-26)24-7-3-6-22-8-9-25(36)23(27(22)24)11-19-46-45-2)40-33(41-32(28)43(34)18-15-38-20-34)44-21-35-12-4-16-42(35)17-5-13-35;/h3,6-9,38,45H,4-5,10,12-18,20-21H2,1-2H3;. The summed E-state index contributed by atoms with van der Waals surface area (Å²) in [7, 11) is 0.551. The summed E-state index contributed by atoms with van der Waals surface area (Å²) in [5.41, 5.74) is 1.65. The average molecular weight is 863 g/mol. The van der Waals surface area contributed by atoms with Crippen LogP contribution in [0.4, 0.5) is 14.6 Å². The van der Waals surface area contributed by atoms with E-state index in [1.54, 1.807) is 6.07 Å². The number of aromatic nitrogens is 3. The van der Waals surface area contributed by atoms with Crippen molar-refractivity contribution >= 4 is 74.0 Å². The first-order valence-corrected chi connectivity index (χ1v) is 19.3. The topological polar surface area (TPSA) is 66.4 Å². The molecule has 2 unspecified atom stereocenters. The molecular weight excluding hydrogens is 826 g/mol. The van der Waals surface area contributed by atoms with Gasteiger partial charge in [0.05, 0.1) is 27.7 Å². The molecule has 6 heterocycles. The monoisotopic (exact) mass is 863 g/mol. The molecule has 0 spiro atoms. The normalized spacial score (nSPS) is 21.7. The summed E-state index contributed by atoms with van der Waals surface area (Å²) in [4.78, 5) is 19.7. The molecule has 0 saturated carbocycles. The van der Waals surface area contributed by atoms with Gasteiger partial charge in [0.15, 0.2) is 5.82 Å². The van der Waals surface area contributed by atoms with E-state index in [4.69, 9.17) is 19.7 Å². The molecule has 1 radical (unpaired) electrons. The number of nitrogens with zero attached hydrogens (tertiary/aromatic N) is 5. The van der Waals surface area contributed by atoms with Crippen LogP contribution in [-0.2, 0) is 6.42 Å². The van der Waals surface area contributed by atoms with E-state index in [-0.39, 0.29) is 61.2 Å². The van der Waals surface area contributed by atoms with Crippen LogP contribution in [0.15, 0.2) is 30.3 Å². The summed E-state index contributed by atoms with van der Waals surface area (Å²) in [5.74, 6) is 2.73. The summed E-state index contributed by atoms with van der Waals surface area (Å²) in [6.07, 6.45) is 5.95. The second-order valence-corrected chi connectivity index (χ2v) is 15.8. The Bertz CT molecular complexity index is 1930. The predicted molar refractivity (Wildman–Crippen MR) is 190 cm³/mol. The number of ether oxygens (including phenoxy) is 1. The van der Waals surface area contributed by atoms with E-state index < -0.39 is 11.6 Å². The maximum Gasteiger partial charge on any atom is 0.319 e. The molecule has 3 fully saturated rings. The third-order valence-corrected chi connectivity index (χ3v) is 11.8. The molecule has 0 aliphatic carbocycles. The summed E-state index contributed by atoms with van der Waals surface area (Å²) in [5, 5.41) is 8.55. The Morgan fingerprint density at radius 2 is 1.87 bits per heavy atom. The number of rotatable bonds is 5. The summed E-state index contributed by atoms with van der Waals surface area (Å²) in [6, 6.07) is 8.92. The number of hydrogen-bond acceptors (Lipinski definition) is 8. The van der Waals surface area contributed by atoms with Crippen LogP contribution in [0.1, 0.15) is 50.3 Å². The fourth-order valence-corrected chi connectivity index (χ4v) is 8.89. The maximum absolute atomic E-state index is 17.1. The van der Waals surface area contributed by atoms with Gasteiger partial charge in [0.1, 0.15) is 29.5 Å². The zero-order chi connectivity index (χ0) is 31.5. The van der Waals surface area contributed by atoms with E-state index in [0.717, 1.165) is 75.9 Å². The molecule has 1 N–H and O–H groups in total. The number of hydrogen-bond donors (Lipinski definition) is 1. The number of benzene rings is 2. The minimum Gasteiger partial charge on any atom is -0.461 e. The van der Waals surface area contributed by atoms with Gasteiger partial charge in [0.2, 0.25) is 0 Å². The summed E-state index contributed by atoms with van der Waals surface area (Å²) < 4.78 is 39.0. The van der Waals surface area contributed by atoms with Crippen LogP contribution in [0.3, 0.4) is 0 Å².